The van der Waals surface area contributed by atoms with Crippen molar-refractivity contribution in [1.82, 2.24) is 0 Å². The van der Waals surface area contributed by atoms with Gasteiger partial charge < -0.3 is 10.5 Å². The number of methoxy groups -OCH3 is 1. The Morgan fingerprint density at radius 1 is 1.57 bits per heavy atom. The minimum Gasteiger partial charge on any atom is -0.495 e. The molecule has 2 N–H and O–H groups in total. The molecular weight excluding hydrogens is 194 g/mol. The summed E-state index contributed by atoms with van der Waals surface area (Å²) in [7, 11) is 1.71. The van der Waals surface area contributed by atoms with E-state index in [1.165, 1.54) is 10.4 Å². The summed E-state index contributed by atoms with van der Waals surface area (Å²) in [5, 5.41) is 0. The van der Waals surface area contributed by atoms with Crippen molar-refractivity contribution in [3.05, 3.63) is 21.9 Å². The van der Waals surface area contributed by atoms with Crippen molar-refractivity contribution in [3.8, 4) is 5.75 Å². The van der Waals surface area contributed by atoms with Crippen LogP contribution in [0.25, 0.3) is 6.08 Å². The van der Waals surface area contributed by atoms with Crippen molar-refractivity contribution >= 4 is 17.4 Å². The van der Waals surface area contributed by atoms with Gasteiger partial charge in [-0.3, -0.25) is 0 Å². The van der Waals surface area contributed by atoms with Crippen LogP contribution in [0.2, 0.25) is 0 Å². The zero-order valence-corrected chi connectivity index (χ0v) is 9.62. The fourth-order valence-corrected chi connectivity index (χ4v) is 2.79. The fourth-order valence-electron chi connectivity index (χ4n) is 1.56. The highest BCUT2D eigenvalue weighted by atomic mass is 32.1. The van der Waals surface area contributed by atoms with E-state index in [4.69, 9.17) is 10.5 Å². The van der Waals surface area contributed by atoms with Gasteiger partial charge in [-0.2, -0.15) is 0 Å². The van der Waals surface area contributed by atoms with E-state index >= 15 is 0 Å². The molecule has 0 bridgehead atoms. The summed E-state index contributed by atoms with van der Waals surface area (Å²) >= 11 is 1.74. The Morgan fingerprint density at radius 2 is 2.29 bits per heavy atom. The molecule has 1 aromatic rings. The van der Waals surface area contributed by atoms with Crippen LogP contribution in [0, 0.1) is 0 Å². The lowest BCUT2D eigenvalue weighted by molar-refractivity contribution is 0.411. The van der Waals surface area contributed by atoms with Gasteiger partial charge in [-0.25, -0.2) is 0 Å². The zero-order valence-electron chi connectivity index (χ0n) is 8.80. The minimum atomic E-state index is 0.688. The van der Waals surface area contributed by atoms with Crippen LogP contribution in [0.1, 0.15) is 22.2 Å². The fraction of sp³-hybridized carbons (Fsp3) is 0.455. The molecule has 0 aromatic carbocycles. The lowest BCUT2D eigenvalue weighted by atomic mass is 10.1. The van der Waals surface area contributed by atoms with Crippen molar-refractivity contribution in [2.24, 2.45) is 5.73 Å². The molecule has 0 atom stereocenters. The van der Waals surface area contributed by atoms with Crippen LogP contribution in [-0.4, -0.2) is 13.7 Å². The van der Waals surface area contributed by atoms with E-state index in [0.29, 0.717) is 6.54 Å². The highest BCUT2D eigenvalue weighted by Crippen LogP contribution is 2.36. The van der Waals surface area contributed by atoms with Gasteiger partial charge in [-0.05, 0) is 25.5 Å². The molecule has 1 aromatic heterocycles. The summed E-state index contributed by atoms with van der Waals surface area (Å²) in [6.45, 7) is 6.61. The first kappa shape index (κ1) is 11.3. The summed E-state index contributed by atoms with van der Waals surface area (Å²) < 4.78 is 5.38. The maximum absolute atomic E-state index is 5.57. The minimum absolute atomic E-state index is 0.688. The number of ether oxygens (including phenoxy) is 1. The largest absolute Gasteiger partial charge is 0.495 e. The molecule has 1 heterocycles. The molecule has 78 valence electrons. The predicted octanol–water partition coefficient (Wildman–Crippen LogP) is 2.46. The third-order valence-corrected chi connectivity index (χ3v) is 3.45. The van der Waals surface area contributed by atoms with E-state index in [-0.39, 0.29) is 0 Å². The first-order valence-electron chi connectivity index (χ1n) is 4.79. The summed E-state index contributed by atoms with van der Waals surface area (Å²) in [6, 6.07) is 0. The van der Waals surface area contributed by atoms with Gasteiger partial charge in [-0.15, -0.1) is 11.3 Å². The van der Waals surface area contributed by atoms with Gasteiger partial charge in [0.25, 0.3) is 0 Å². The third kappa shape index (κ3) is 1.99. The van der Waals surface area contributed by atoms with Crippen LogP contribution in [0.3, 0.4) is 0 Å². The second-order valence-corrected chi connectivity index (χ2v) is 4.13. The lowest BCUT2D eigenvalue weighted by Gasteiger charge is -2.03. The molecule has 2 nitrogen and oxygen atoms in total. The average molecular weight is 211 g/mol. The number of hydrogen-bond acceptors (Lipinski definition) is 3. The second-order valence-electron chi connectivity index (χ2n) is 3.00. The van der Waals surface area contributed by atoms with E-state index < -0.39 is 0 Å². The van der Waals surface area contributed by atoms with Gasteiger partial charge in [0.05, 0.1) is 12.0 Å². The average Bonchev–Trinajstić information content (AvgIpc) is 2.55. The summed E-state index contributed by atoms with van der Waals surface area (Å²) in [5.74, 6) is 0.982. The molecule has 0 amide bonds. The van der Waals surface area contributed by atoms with Gasteiger partial charge in [0.2, 0.25) is 0 Å². The maximum Gasteiger partial charge on any atom is 0.140 e. The monoisotopic (exact) mass is 211 g/mol. The topological polar surface area (TPSA) is 35.2 Å². The molecule has 3 heteroatoms. The Kier molecular flexibility index (Phi) is 4.17. The van der Waals surface area contributed by atoms with E-state index in [2.05, 4.69) is 13.5 Å². The lowest BCUT2D eigenvalue weighted by Crippen LogP contribution is -2.03. The summed E-state index contributed by atoms with van der Waals surface area (Å²) in [4.78, 5) is 2.45. The first-order chi connectivity index (χ1) is 6.78. The van der Waals surface area contributed by atoms with Gasteiger partial charge >= 0.3 is 0 Å². The Morgan fingerprint density at radius 3 is 2.71 bits per heavy atom. The smallest absolute Gasteiger partial charge is 0.140 e. The standard InChI is InChI=1S/C11H17NOS/c1-4-8-10(6-7-12)14-9(5-2)11(8)13-3/h5H,2,4,6-7,12H2,1,3H3. The molecule has 0 spiro atoms. The van der Waals surface area contributed by atoms with Crippen molar-refractivity contribution in [2.75, 3.05) is 13.7 Å². The quantitative estimate of drug-likeness (QED) is 0.812. The van der Waals surface area contributed by atoms with Crippen LogP contribution >= 0.6 is 11.3 Å². The van der Waals surface area contributed by atoms with E-state index in [1.54, 1.807) is 18.4 Å². The van der Waals surface area contributed by atoms with Gasteiger partial charge in [0.15, 0.2) is 0 Å². The van der Waals surface area contributed by atoms with E-state index in [1.807, 2.05) is 6.08 Å². The first-order valence-corrected chi connectivity index (χ1v) is 5.61. The summed E-state index contributed by atoms with van der Waals surface area (Å²) in [6.07, 6.45) is 3.77. The van der Waals surface area contributed by atoms with Gasteiger partial charge in [0.1, 0.15) is 5.75 Å². The normalized spacial score (nSPS) is 10.2. The van der Waals surface area contributed by atoms with Crippen LogP contribution in [0.5, 0.6) is 5.75 Å². The molecule has 0 aliphatic rings. The molecular formula is C11H17NOS. The molecule has 0 aliphatic carbocycles. The second kappa shape index (κ2) is 5.17. The zero-order chi connectivity index (χ0) is 10.6. The molecule has 0 fully saturated rings. The number of nitrogens with two attached hydrogens (primary N) is 1. The van der Waals surface area contributed by atoms with Crippen molar-refractivity contribution in [1.29, 1.82) is 0 Å². The van der Waals surface area contributed by atoms with Crippen LogP contribution in [0.15, 0.2) is 6.58 Å². The van der Waals surface area contributed by atoms with Crippen LogP contribution < -0.4 is 10.5 Å². The molecule has 1 rings (SSSR count). The third-order valence-electron chi connectivity index (χ3n) is 2.18. The van der Waals surface area contributed by atoms with Crippen molar-refractivity contribution < 1.29 is 4.74 Å². The van der Waals surface area contributed by atoms with Crippen molar-refractivity contribution in [2.45, 2.75) is 19.8 Å². The molecule has 14 heavy (non-hydrogen) atoms. The van der Waals surface area contributed by atoms with Crippen LogP contribution in [-0.2, 0) is 12.8 Å². The Bertz CT molecular complexity index is 317. The Hall–Kier alpha value is -0.800. The number of hydrogen-bond donors (Lipinski definition) is 1. The van der Waals surface area contributed by atoms with E-state index in [0.717, 1.165) is 23.5 Å². The predicted molar refractivity (Wildman–Crippen MR) is 63.1 cm³/mol. The molecule has 0 saturated heterocycles. The summed E-state index contributed by atoms with van der Waals surface area (Å²) in [5.41, 5.74) is 6.86. The van der Waals surface area contributed by atoms with Gasteiger partial charge in [0, 0.05) is 10.4 Å². The highest BCUT2D eigenvalue weighted by Gasteiger charge is 2.14. The van der Waals surface area contributed by atoms with E-state index in [9.17, 15) is 0 Å². The number of rotatable bonds is 5. The Balaban J connectivity index is 3.16. The van der Waals surface area contributed by atoms with Crippen molar-refractivity contribution in [3.63, 3.8) is 0 Å². The maximum atomic E-state index is 5.57. The van der Waals surface area contributed by atoms with Gasteiger partial charge in [-0.1, -0.05) is 13.5 Å². The molecule has 0 radical (unpaired) electrons. The highest BCUT2D eigenvalue weighted by molar-refractivity contribution is 7.13. The Labute approximate surface area is 89.4 Å². The SMILES string of the molecule is C=Cc1sc(CCN)c(CC)c1OC. The molecule has 0 aliphatic heterocycles. The molecule has 0 saturated carbocycles. The molecule has 0 unspecified atom stereocenters. The number of thiophene rings is 1. The van der Waals surface area contributed by atoms with Crippen LogP contribution in [0.4, 0.5) is 0 Å².